The fourth-order valence-electron chi connectivity index (χ4n) is 1.36. The Morgan fingerprint density at radius 3 is 3.00 bits per heavy atom. The second-order valence-corrected chi connectivity index (χ2v) is 3.28. The molecule has 0 aliphatic carbocycles. The largest absolute Gasteiger partial charge is 0.353 e. The highest BCUT2D eigenvalue weighted by atomic mass is 16.7. The fourth-order valence-corrected chi connectivity index (χ4v) is 1.36. The van der Waals surface area contributed by atoms with Crippen LogP contribution in [0.25, 0.3) is 0 Å². The van der Waals surface area contributed by atoms with Gasteiger partial charge in [0, 0.05) is 19.6 Å². The molecule has 0 spiro atoms. The Hall–Kier alpha value is -0.590. The van der Waals surface area contributed by atoms with E-state index in [1.54, 1.807) is 0 Å². The van der Waals surface area contributed by atoms with Gasteiger partial charge >= 0.3 is 0 Å². The van der Waals surface area contributed by atoms with Crippen LogP contribution in [0.5, 0.6) is 0 Å². The number of hydrogen-bond acceptors (Lipinski definition) is 3. The smallest absolute Gasteiger partial charge is 0.157 e. The lowest BCUT2D eigenvalue weighted by Gasteiger charge is -2.22. The molecule has 74 valence electrons. The maximum absolute atomic E-state index is 8.30. The van der Waals surface area contributed by atoms with Gasteiger partial charge in [0.15, 0.2) is 6.29 Å². The van der Waals surface area contributed by atoms with E-state index in [1.807, 2.05) is 0 Å². The highest BCUT2D eigenvalue weighted by Gasteiger charge is 2.12. The normalized spacial score (nSPS) is 22.5. The molecule has 0 radical (unpaired) electrons. The van der Waals surface area contributed by atoms with Crippen molar-refractivity contribution in [2.75, 3.05) is 13.2 Å². The first-order valence-electron chi connectivity index (χ1n) is 5.03. The average Bonchev–Trinajstić information content (AvgIpc) is 2.19. The monoisotopic (exact) mass is 183 g/mol. The molecule has 13 heavy (non-hydrogen) atoms. The van der Waals surface area contributed by atoms with Crippen molar-refractivity contribution < 1.29 is 9.47 Å². The van der Waals surface area contributed by atoms with Crippen LogP contribution in [0.15, 0.2) is 0 Å². The van der Waals surface area contributed by atoms with Gasteiger partial charge in [-0.25, -0.2) is 0 Å². The zero-order valence-electron chi connectivity index (χ0n) is 8.00. The minimum Gasteiger partial charge on any atom is -0.353 e. The molecule has 0 aromatic carbocycles. The molecule has 0 aromatic heterocycles. The molecular weight excluding hydrogens is 166 g/mol. The summed E-state index contributed by atoms with van der Waals surface area (Å²) < 4.78 is 10.9. The van der Waals surface area contributed by atoms with Crippen LogP contribution >= 0.6 is 0 Å². The molecule has 0 amide bonds. The van der Waals surface area contributed by atoms with Crippen LogP contribution in [-0.2, 0) is 9.47 Å². The summed E-state index contributed by atoms with van der Waals surface area (Å²) in [5.74, 6) is 0. The standard InChI is InChI=1S/C10H17NO2/c11-7-3-1-4-8-12-10-6-2-5-9-13-10/h10H,1-6,8-9H2. The Bertz CT molecular complexity index is 159. The van der Waals surface area contributed by atoms with Crippen LogP contribution in [0.3, 0.4) is 0 Å². The molecule has 0 aromatic rings. The lowest BCUT2D eigenvalue weighted by atomic mass is 10.2. The minimum atomic E-state index is 0.0239. The number of unbranched alkanes of at least 4 members (excludes halogenated alkanes) is 2. The van der Waals surface area contributed by atoms with E-state index in [2.05, 4.69) is 6.07 Å². The molecule has 3 nitrogen and oxygen atoms in total. The summed E-state index contributed by atoms with van der Waals surface area (Å²) in [5.41, 5.74) is 0. The van der Waals surface area contributed by atoms with Crippen molar-refractivity contribution in [3.05, 3.63) is 0 Å². The van der Waals surface area contributed by atoms with E-state index in [0.717, 1.165) is 38.9 Å². The van der Waals surface area contributed by atoms with Gasteiger partial charge in [-0.15, -0.1) is 0 Å². The quantitative estimate of drug-likeness (QED) is 0.614. The van der Waals surface area contributed by atoms with Crippen LogP contribution in [0.1, 0.15) is 38.5 Å². The zero-order valence-corrected chi connectivity index (χ0v) is 8.00. The summed E-state index contributed by atoms with van der Waals surface area (Å²) in [6.45, 7) is 1.56. The van der Waals surface area contributed by atoms with Crippen molar-refractivity contribution in [2.45, 2.75) is 44.8 Å². The lowest BCUT2D eigenvalue weighted by molar-refractivity contribution is -0.162. The van der Waals surface area contributed by atoms with Gasteiger partial charge in [-0.05, 0) is 32.1 Å². The Morgan fingerprint density at radius 2 is 2.31 bits per heavy atom. The van der Waals surface area contributed by atoms with Crippen molar-refractivity contribution in [3.63, 3.8) is 0 Å². The van der Waals surface area contributed by atoms with Gasteiger partial charge in [-0.1, -0.05) is 0 Å². The molecule has 1 unspecified atom stereocenters. The van der Waals surface area contributed by atoms with Gasteiger partial charge < -0.3 is 9.47 Å². The first-order chi connectivity index (χ1) is 6.43. The first kappa shape index (κ1) is 10.5. The maximum Gasteiger partial charge on any atom is 0.157 e. The van der Waals surface area contributed by atoms with Crippen LogP contribution in [0.2, 0.25) is 0 Å². The average molecular weight is 183 g/mol. The minimum absolute atomic E-state index is 0.0239. The van der Waals surface area contributed by atoms with E-state index in [0.29, 0.717) is 6.42 Å². The van der Waals surface area contributed by atoms with Gasteiger partial charge in [-0.2, -0.15) is 5.26 Å². The molecule has 1 aliphatic heterocycles. The topological polar surface area (TPSA) is 42.2 Å². The summed E-state index contributed by atoms with van der Waals surface area (Å²) in [6.07, 6.45) is 5.96. The molecule has 0 bridgehead atoms. The fraction of sp³-hybridized carbons (Fsp3) is 0.900. The highest BCUT2D eigenvalue weighted by Crippen LogP contribution is 2.13. The summed E-state index contributed by atoms with van der Waals surface area (Å²) in [5, 5.41) is 8.30. The van der Waals surface area contributed by atoms with Crippen LogP contribution in [0, 0.1) is 11.3 Å². The molecule has 0 N–H and O–H groups in total. The number of nitrogens with zero attached hydrogens (tertiary/aromatic N) is 1. The molecule has 1 atom stereocenters. The van der Waals surface area contributed by atoms with E-state index in [-0.39, 0.29) is 6.29 Å². The third-order valence-corrected chi connectivity index (χ3v) is 2.12. The van der Waals surface area contributed by atoms with Gasteiger partial charge in [0.05, 0.1) is 6.07 Å². The molecule has 1 fully saturated rings. The summed E-state index contributed by atoms with van der Waals surface area (Å²) >= 11 is 0. The van der Waals surface area contributed by atoms with Crippen LogP contribution in [0.4, 0.5) is 0 Å². The zero-order chi connectivity index (χ0) is 9.36. The molecule has 1 saturated heterocycles. The van der Waals surface area contributed by atoms with Gasteiger partial charge in [-0.3, -0.25) is 0 Å². The van der Waals surface area contributed by atoms with E-state index < -0.39 is 0 Å². The molecule has 0 saturated carbocycles. The Kier molecular flexibility index (Phi) is 5.55. The van der Waals surface area contributed by atoms with Crippen molar-refractivity contribution in [1.29, 1.82) is 5.26 Å². The second kappa shape index (κ2) is 6.88. The first-order valence-corrected chi connectivity index (χ1v) is 5.03. The van der Waals surface area contributed by atoms with Gasteiger partial charge in [0.2, 0.25) is 0 Å². The second-order valence-electron chi connectivity index (χ2n) is 3.28. The molecule has 1 heterocycles. The molecular formula is C10H17NO2. The van der Waals surface area contributed by atoms with E-state index in [4.69, 9.17) is 14.7 Å². The van der Waals surface area contributed by atoms with E-state index in [9.17, 15) is 0 Å². The Balaban J connectivity index is 1.90. The van der Waals surface area contributed by atoms with E-state index in [1.165, 1.54) is 6.42 Å². The Labute approximate surface area is 79.6 Å². The lowest BCUT2D eigenvalue weighted by Crippen LogP contribution is -2.22. The van der Waals surface area contributed by atoms with Crippen molar-refractivity contribution in [1.82, 2.24) is 0 Å². The summed E-state index contributed by atoms with van der Waals surface area (Å²) in [7, 11) is 0. The van der Waals surface area contributed by atoms with Gasteiger partial charge in [0.1, 0.15) is 0 Å². The summed E-state index contributed by atoms with van der Waals surface area (Å²) in [4.78, 5) is 0. The van der Waals surface area contributed by atoms with Gasteiger partial charge in [0.25, 0.3) is 0 Å². The van der Waals surface area contributed by atoms with Crippen LogP contribution in [-0.4, -0.2) is 19.5 Å². The predicted octanol–water partition coefficient (Wildman–Crippen LogP) is 2.22. The van der Waals surface area contributed by atoms with Crippen molar-refractivity contribution in [3.8, 4) is 6.07 Å². The van der Waals surface area contributed by atoms with E-state index >= 15 is 0 Å². The number of ether oxygens (including phenoxy) is 2. The third kappa shape index (κ3) is 4.87. The van der Waals surface area contributed by atoms with Crippen molar-refractivity contribution >= 4 is 0 Å². The number of hydrogen-bond donors (Lipinski definition) is 0. The van der Waals surface area contributed by atoms with Crippen molar-refractivity contribution in [2.24, 2.45) is 0 Å². The summed E-state index contributed by atoms with van der Waals surface area (Å²) in [6, 6.07) is 2.12. The highest BCUT2D eigenvalue weighted by molar-refractivity contribution is 4.67. The SMILES string of the molecule is N#CCCCCOC1CCCCO1. The van der Waals surface area contributed by atoms with Crippen LogP contribution < -0.4 is 0 Å². The number of nitriles is 1. The Morgan fingerprint density at radius 1 is 1.38 bits per heavy atom. The predicted molar refractivity (Wildman–Crippen MR) is 49.0 cm³/mol. The molecule has 1 rings (SSSR count). The molecule has 3 heteroatoms. The number of rotatable bonds is 5. The third-order valence-electron chi connectivity index (χ3n) is 2.12. The maximum atomic E-state index is 8.30. The molecule has 1 aliphatic rings.